The molecule has 1 heterocycles. The molecule has 1 amide bonds. The summed E-state index contributed by atoms with van der Waals surface area (Å²) in [6.45, 7) is 14.7. The summed E-state index contributed by atoms with van der Waals surface area (Å²) >= 11 is 0. The molecule has 0 aliphatic carbocycles. The van der Waals surface area contributed by atoms with Crippen LogP contribution >= 0.6 is 0 Å². The van der Waals surface area contributed by atoms with Crippen LogP contribution in [-0.4, -0.2) is 48.4 Å². The Morgan fingerprint density at radius 3 is 2.19 bits per heavy atom. The molecular formula is C26H40F2N2O. The van der Waals surface area contributed by atoms with Crippen molar-refractivity contribution >= 4 is 5.91 Å². The van der Waals surface area contributed by atoms with Crippen molar-refractivity contribution in [2.45, 2.75) is 71.6 Å². The van der Waals surface area contributed by atoms with Gasteiger partial charge in [-0.15, -0.1) is 6.58 Å². The zero-order valence-corrected chi connectivity index (χ0v) is 19.6. The van der Waals surface area contributed by atoms with Gasteiger partial charge in [0.05, 0.1) is 0 Å². The molecule has 31 heavy (non-hydrogen) atoms. The third-order valence-corrected chi connectivity index (χ3v) is 6.32. The van der Waals surface area contributed by atoms with Crippen LogP contribution in [0.5, 0.6) is 0 Å². The first-order valence-electron chi connectivity index (χ1n) is 12.1. The van der Waals surface area contributed by atoms with E-state index in [2.05, 4.69) is 25.3 Å². The van der Waals surface area contributed by atoms with E-state index in [1.165, 1.54) is 12.1 Å². The lowest BCUT2D eigenvalue weighted by Gasteiger charge is -2.35. The Kier molecular flexibility index (Phi) is 10.7. The lowest BCUT2D eigenvalue weighted by atomic mass is 9.89. The predicted molar refractivity (Wildman–Crippen MR) is 124 cm³/mol. The van der Waals surface area contributed by atoms with Gasteiger partial charge in [-0.2, -0.15) is 0 Å². The average molecular weight is 435 g/mol. The van der Waals surface area contributed by atoms with Crippen LogP contribution < -0.4 is 0 Å². The summed E-state index contributed by atoms with van der Waals surface area (Å²) in [7, 11) is 0. The summed E-state index contributed by atoms with van der Waals surface area (Å²) in [6, 6.07) is 2.45. The minimum Gasteiger partial charge on any atom is -0.339 e. The molecule has 1 saturated heterocycles. The highest BCUT2D eigenvalue weighted by Crippen LogP contribution is 2.31. The molecule has 1 aliphatic heterocycles. The van der Waals surface area contributed by atoms with E-state index in [1.54, 1.807) is 11.0 Å². The van der Waals surface area contributed by atoms with E-state index in [9.17, 15) is 13.6 Å². The fraction of sp³-hybridized carbons (Fsp3) is 0.654. The minimum absolute atomic E-state index is 0.0870. The molecule has 1 unspecified atom stereocenters. The molecule has 1 aromatic rings. The van der Waals surface area contributed by atoms with Crippen molar-refractivity contribution in [3.05, 3.63) is 47.5 Å². The molecular weight excluding hydrogens is 394 g/mol. The highest BCUT2D eigenvalue weighted by molar-refractivity contribution is 5.94. The van der Waals surface area contributed by atoms with Gasteiger partial charge in [0, 0.05) is 30.8 Å². The Morgan fingerprint density at radius 2 is 1.71 bits per heavy atom. The van der Waals surface area contributed by atoms with E-state index < -0.39 is 11.6 Å². The summed E-state index contributed by atoms with van der Waals surface area (Å²) in [5.41, 5.74) is 0.202. The topological polar surface area (TPSA) is 23.6 Å². The standard InChI is InChI=1S/C26H40F2N2O/c1-5-9-21(10-6-2)25-23(27)17-22(18-24(25)28)26(31)30-15-11-20(12-16-30)19-29(13-7-3)14-8-4/h5,17-18,20-21H,1,6-16,19H2,2-4H3. The number of halogens is 2. The van der Waals surface area contributed by atoms with Crippen molar-refractivity contribution in [1.82, 2.24) is 9.80 Å². The molecule has 1 fully saturated rings. The zero-order valence-electron chi connectivity index (χ0n) is 19.6. The van der Waals surface area contributed by atoms with Crippen LogP contribution in [0.25, 0.3) is 0 Å². The van der Waals surface area contributed by atoms with Gasteiger partial charge >= 0.3 is 0 Å². The zero-order chi connectivity index (χ0) is 22.8. The Labute approximate surface area is 187 Å². The fourth-order valence-electron chi connectivity index (χ4n) is 4.82. The van der Waals surface area contributed by atoms with Crippen LogP contribution in [0, 0.1) is 17.6 Å². The molecule has 5 heteroatoms. The smallest absolute Gasteiger partial charge is 0.254 e. The molecule has 3 nitrogen and oxygen atoms in total. The maximum Gasteiger partial charge on any atom is 0.254 e. The van der Waals surface area contributed by atoms with Crippen LogP contribution in [-0.2, 0) is 0 Å². The number of hydrogen-bond donors (Lipinski definition) is 0. The highest BCUT2D eigenvalue weighted by Gasteiger charge is 2.27. The number of likely N-dealkylation sites (tertiary alicyclic amines) is 1. The lowest BCUT2D eigenvalue weighted by molar-refractivity contribution is 0.0666. The number of allylic oxidation sites excluding steroid dienone is 1. The number of amides is 1. The van der Waals surface area contributed by atoms with Gasteiger partial charge < -0.3 is 9.80 Å². The average Bonchev–Trinajstić information content (AvgIpc) is 2.74. The van der Waals surface area contributed by atoms with Crippen molar-refractivity contribution in [3.8, 4) is 0 Å². The van der Waals surface area contributed by atoms with E-state index in [0.717, 1.165) is 51.7 Å². The van der Waals surface area contributed by atoms with E-state index in [-0.39, 0.29) is 23.0 Å². The van der Waals surface area contributed by atoms with Gasteiger partial charge in [-0.1, -0.05) is 33.3 Å². The van der Waals surface area contributed by atoms with E-state index in [1.807, 2.05) is 6.92 Å². The number of nitrogens with zero attached hydrogens (tertiary/aromatic N) is 2. The quantitative estimate of drug-likeness (QED) is 0.355. The predicted octanol–water partition coefficient (Wildman–Crippen LogP) is 6.40. The largest absolute Gasteiger partial charge is 0.339 e. The van der Waals surface area contributed by atoms with Gasteiger partial charge in [0.2, 0.25) is 0 Å². The molecule has 0 saturated carbocycles. The molecule has 0 radical (unpaired) electrons. The van der Waals surface area contributed by atoms with Gasteiger partial charge in [0.1, 0.15) is 11.6 Å². The highest BCUT2D eigenvalue weighted by atomic mass is 19.1. The number of benzene rings is 1. The Hall–Kier alpha value is -1.75. The van der Waals surface area contributed by atoms with E-state index in [0.29, 0.717) is 31.8 Å². The monoisotopic (exact) mass is 434 g/mol. The SMILES string of the molecule is C=CCC(CCC)c1c(F)cc(C(=O)N2CCC(CN(CCC)CCC)CC2)cc1F. The number of rotatable bonds is 12. The van der Waals surface area contributed by atoms with Gasteiger partial charge in [-0.25, -0.2) is 8.78 Å². The van der Waals surface area contributed by atoms with Crippen LogP contribution in [0.1, 0.15) is 87.6 Å². The third-order valence-electron chi connectivity index (χ3n) is 6.32. The molecule has 174 valence electrons. The Morgan fingerprint density at radius 1 is 1.13 bits per heavy atom. The molecule has 1 atom stereocenters. The number of carbonyl (C=O) groups excluding carboxylic acids is 1. The van der Waals surface area contributed by atoms with Crippen molar-refractivity contribution in [1.29, 1.82) is 0 Å². The van der Waals surface area contributed by atoms with Crippen molar-refractivity contribution in [2.24, 2.45) is 5.92 Å². The minimum atomic E-state index is -0.617. The Bertz CT molecular complexity index is 684. The lowest BCUT2D eigenvalue weighted by Crippen LogP contribution is -2.42. The summed E-state index contributed by atoms with van der Waals surface area (Å²) in [5.74, 6) is -1.16. The van der Waals surface area contributed by atoms with Crippen molar-refractivity contribution in [2.75, 3.05) is 32.7 Å². The van der Waals surface area contributed by atoms with Gasteiger partial charge in [0.15, 0.2) is 0 Å². The molecule has 1 aromatic carbocycles. The fourth-order valence-corrected chi connectivity index (χ4v) is 4.82. The second kappa shape index (κ2) is 12.9. The van der Waals surface area contributed by atoms with Crippen molar-refractivity contribution < 1.29 is 13.6 Å². The first-order chi connectivity index (χ1) is 14.9. The molecule has 0 aromatic heterocycles. The second-order valence-corrected chi connectivity index (χ2v) is 8.90. The molecule has 0 N–H and O–H groups in total. The van der Waals surface area contributed by atoms with Crippen LogP contribution in [0.15, 0.2) is 24.8 Å². The number of hydrogen-bond acceptors (Lipinski definition) is 2. The summed E-state index contributed by atoms with van der Waals surface area (Å²) in [5, 5.41) is 0. The Balaban J connectivity index is 2.03. The molecule has 0 spiro atoms. The van der Waals surface area contributed by atoms with Crippen molar-refractivity contribution in [3.63, 3.8) is 0 Å². The maximum atomic E-state index is 14.8. The van der Waals surface area contributed by atoms with E-state index >= 15 is 0 Å². The third kappa shape index (κ3) is 7.13. The van der Waals surface area contributed by atoms with Gasteiger partial charge in [0.25, 0.3) is 5.91 Å². The normalized spacial score (nSPS) is 16.0. The second-order valence-electron chi connectivity index (χ2n) is 8.90. The molecule has 0 bridgehead atoms. The van der Waals surface area contributed by atoms with E-state index in [4.69, 9.17) is 0 Å². The number of carbonyl (C=O) groups is 1. The summed E-state index contributed by atoms with van der Waals surface area (Å²) in [4.78, 5) is 17.2. The van der Waals surface area contributed by atoms with Gasteiger partial charge in [-0.05, 0) is 75.6 Å². The van der Waals surface area contributed by atoms with Crippen LogP contribution in [0.2, 0.25) is 0 Å². The summed E-state index contributed by atoms with van der Waals surface area (Å²) in [6.07, 6.45) is 7.93. The first kappa shape index (κ1) is 25.5. The van der Waals surface area contributed by atoms with Crippen LogP contribution in [0.4, 0.5) is 8.78 Å². The molecule has 2 rings (SSSR count). The first-order valence-corrected chi connectivity index (χ1v) is 12.1. The van der Waals surface area contributed by atoms with Crippen LogP contribution in [0.3, 0.4) is 0 Å². The number of piperidine rings is 1. The van der Waals surface area contributed by atoms with Gasteiger partial charge in [-0.3, -0.25) is 4.79 Å². The summed E-state index contributed by atoms with van der Waals surface area (Å²) < 4.78 is 29.7. The molecule has 1 aliphatic rings. The maximum absolute atomic E-state index is 14.8.